The smallest absolute Gasteiger partial charge is 0.258 e. The predicted molar refractivity (Wildman–Crippen MR) is 160 cm³/mol. The van der Waals surface area contributed by atoms with Crippen LogP contribution in [-0.4, -0.2) is 65.7 Å². The van der Waals surface area contributed by atoms with Crippen LogP contribution in [0.3, 0.4) is 0 Å². The molecule has 1 aliphatic carbocycles. The first-order valence-corrected chi connectivity index (χ1v) is 15.1. The maximum absolute atomic E-state index is 13.0. The van der Waals surface area contributed by atoms with Crippen molar-refractivity contribution < 1.29 is 14.3 Å². The summed E-state index contributed by atoms with van der Waals surface area (Å²) in [7, 11) is 0. The lowest BCUT2D eigenvalue weighted by Gasteiger charge is -2.46. The average Bonchev–Trinajstić information content (AvgIpc) is 3.64. The third-order valence-electron chi connectivity index (χ3n) is 9.47. The standard InChI is InChI=1S/C35H39N3O3/c1-24-5-3-4-6-30(24)35(39)36-15-13-29(14-16-36)37-17-18-38(25(2)22-37)32-11-9-28-20-26(7-10-31(28)32)19-27-8-12-33-34(21-27)41-23-40-33/h3-8,10,12-13,15,20-21,25,29,32H,9,11,14,16-19,22-23H2,1-2H3/t25-,29?,32?/m1/s1. The number of rotatable bonds is 5. The van der Waals surface area contributed by atoms with Crippen molar-refractivity contribution in [3.8, 4) is 11.5 Å². The van der Waals surface area contributed by atoms with Crippen molar-refractivity contribution in [1.29, 1.82) is 0 Å². The summed E-state index contributed by atoms with van der Waals surface area (Å²) in [6, 6.07) is 22.7. The van der Waals surface area contributed by atoms with E-state index in [-0.39, 0.29) is 5.91 Å². The van der Waals surface area contributed by atoms with Crippen molar-refractivity contribution in [2.24, 2.45) is 0 Å². The molecule has 3 aliphatic heterocycles. The lowest BCUT2D eigenvalue weighted by atomic mass is 9.98. The molecule has 6 nitrogen and oxygen atoms in total. The number of hydrogen-bond donors (Lipinski definition) is 0. The minimum absolute atomic E-state index is 0.106. The molecule has 6 heteroatoms. The van der Waals surface area contributed by atoms with E-state index in [1.165, 1.54) is 28.7 Å². The molecule has 0 spiro atoms. The molecular weight excluding hydrogens is 510 g/mol. The van der Waals surface area contributed by atoms with Gasteiger partial charge in [0.05, 0.1) is 0 Å². The molecule has 0 N–H and O–H groups in total. The van der Waals surface area contributed by atoms with E-state index in [2.05, 4.69) is 53.1 Å². The summed E-state index contributed by atoms with van der Waals surface area (Å²) < 4.78 is 11.0. The first-order valence-electron chi connectivity index (χ1n) is 15.1. The largest absolute Gasteiger partial charge is 0.454 e. The summed E-state index contributed by atoms with van der Waals surface area (Å²) in [5.41, 5.74) is 7.48. The van der Waals surface area contributed by atoms with Gasteiger partial charge in [-0.05, 0) is 85.5 Å². The SMILES string of the molecule is Cc1ccccc1C(=O)N1C=CC(N2CCN(C3CCc4cc(Cc5ccc6c(c5)OCO6)ccc43)[C@H](C)C2)CC1. The minimum Gasteiger partial charge on any atom is -0.454 e. The maximum atomic E-state index is 13.0. The first-order chi connectivity index (χ1) is 20.0. The molecule has 3 atom stereocenters. The first kappa shape index (κ1) is 26.3. The maximum Gasteiger partial charge on any atom is 0.258 e. The van der Waals surface area contributed by atoms with Crippen LogP contribution in [0.2, 0.25) is 0 Å². The van der Waals surface area contributed by atoms with Crippen molar-refractivity contribution in [3.05, 3.63) is 106 Å². The molecule has 212 valence electrons. The van der Waals surface area contributed by atoms with Gasteiger partial charge in [-0.25, -0.2) is 0 Å². The Morgan fingerprint density at radius 1 is 0.927 bits per heavy atom. The highest BCUT2D eigenvalue weighted by Gasteiger charge is 2.36. The molecule has 0 aromatic heterocycles. The second kappa shape index (κ2) is 11.0. The zero-order valence-electron chi connectivity index (χ0n) is 24.1. The number of amides is 1. The van der Waals surface area contributed by atoms with Crippen molar-refractivity contribution in [2.75, 3.05) is 33.0 Å². The zero-order valence-corrected chi connectivity index (χ0v) is 24.1. The van der Waals surface area contributed by atoms with Crippen LogP contribution in [0.1, 0.15) is 64.0 Å². The zero-order chi connectivity index (χ0) is 27.9. The highest BCUT2D eigenvalue weighted by atomic mass is 16.7. The number of ether oxygens (including phenoxy) is 2. The molecule has 2 unspecified atom stereocenters. The van der Waals surface area contributed by atoms with Crippen molar-refractivity contribution >= 4 is 5.91 Å². The van der Waals surface area contributed by atoms with Crippen LogP contribution in [-0.2, 0) is 12.8 Å². The Balaban J connectivity index is 0.969. The number of fused-ring (bicyclic) bond motifs is 2. The Labute approximate surface area is 243 Å². The highest BCUT2D eigenvalue weighted by Crippen LogP contribution is 2.39. The second-order valence-corrected chi connectivity index (χ2v) is 12.0. The van der Waals surface area contributed by atoms with Crippen LogP contribution >= 0.6 is 0 Å². The van der Waals surface area contributed by atoms with Gasteiger partial charge in [0, 0.05) is 56.1 Å². The van der Waals surface area contributed by atoms with Crippen LogP contribution in [0.15, 0.2) is 72.9 Å². The van der Waals surface area contributed by atoms with Gasteiger partial charge in [-0.1, -0.05) is 48.5 Å². The van der Waals surface area contributed by atoms with E-state index in [1.807, 2.05) is 48.4 Å². The Morgan fingerprint density at radius 3 is 2.59 bits per heavy atom. The predicted octanol–water partition coefficient (Wildman–Crippen LogP) is 5.74. The number of nitrogens with zero attached hydrogens (tertiary/aromatic N) is 3. The summed E-state index contributed by atoms with van der Waals surface area (Å²) >= 11 is 0. The molecule has 3 aromatic carbocycles. The van der Waals surface area contributed by atoms with Crippen LogP contribution in [0.25, 0.3) is 0 Å². The van der Waals surface area contributed by atoms with Gasteiger partial charge in [-0.2, -0.15) is 0 Å². The van der Waals surface area contributed by atoms with Gasteiger partial charge < -0.3 is 14.4 Å². The van der Waals surface area contributed by atoms with Gasteiger partial charge >= 0.3 is 0 Å². The van der Waals surface area contributed by atoms with Crippen LogP contribution < -0.4 is 9.47 Å². The summed E-state index contributed by atoms with van der Waals surface area (Å²) in [5.74, 6) is 1.80. The third-order valence-corrected chi connectivity index (χ3v) is 9.47. The van der Waals surface area contributed by atoms with E-state index in [0.29, 0.717) is 24.9 Å². The molecule has 41 heavy (non-hydrogen) atoms. The molecule has 1 amide bonds. The molecule has 3 heterocycles. The van der Waals surface area contributed by atoms with Crippen molar-refractivity contribution in [2.45, 2.75) is 57.7 Å². The second-order valence-electron chi connectivity index (χ2n) is 12.0. The summed E-state index contributed by atoms with van der Waals surface area (Å²) in [6.07, 6.45) is 8.51. The van der Waals surface area contributed by atoms with Crippen molar-refractivity contribution in [3.63, 3.8) is 0 Å². The number of carbonyl (C=O) groups excluding carboxylic acids is 1. The fourth-order valence-electron chi connectivity index (χ4n) is 7.24. The average molecular weight is 550 g/mol. The fourth-order valence-corrected chi connectivity index (χ4v) is 7.24. The van der Waals surface area contributed by atoms with Gasteiger partial charge in [-0.15, -0.1) is 0 Å². The summed E-state index contributed by atoms with van der Waals surface area (Å²) in [5, 5.41) is 0. The van der Waals surface area contributed by atoms with Crippen molar-refractivity contribution in [1.82, 2.24) is 14.7 Å². The van der Waals surface area contributed by atoms with Crippen LogP contribution in [0.5, 0.6) is 11.5 Å². The number of benzene rings is 3. The normalized spacial score (nSPS) is 24.0. The number of carbonyl (C=O) groups is 1. The van der Waals surface area contributed by atoms with Gasteiger partial charge in [0.15, 0.2) is 11.5 Å². The molecular formula is C35H39N3O3. The fraction of sp³-hybridized carbons (Fsp3) is 0.400. The lowest BCUT2D eigenvalue weighted by molar-refractivity contribution is 0.0312. The Morgan fingerprint density at radius 2 is 1.76 bits per heavy atom. The highest BCUT2D eigenvalue weighted by molar-refractivity contribution is 5.96. The van der Waals surface area contributed by atoms with Gasteiger partial charge in [0.25, 0.3) is 5.91 Å². The Kier molecular flexibility index (Phi) is 7.05. The number of piperazine rings is 1. The van der Waals surface area contributed by atoms with E-state index >= 15 is 0 Å². The van der Waals surface area contributed by atoms with Crippen LogP contribution in [0, 0.1) is 6.92 Å². The molecule has 3 aromatic rings. The molecule has 0 saturated carbocycles. The molecule has 0 radical (unpaired) electrons. The van der Waals surface area contributed by atoms with Gasteiger partial charge in [-0.3, -0.25) is 14.6 Å². The van der Waals surface area contributed by atoms with E-state index in [9.17, 15) is 4.79 Å². The van der Waals surface area contributed by atoms with E-state index in [1.54, 1.807) is 0 Å². The van der Waals surface area contributed by atoms with E-state index in [4.69, 9.17) is 9.47 Å². The topological polar surface area (TPSA) is 45.3 Å². The summed E-state index contributed by atoms with van der Waals surface area (Å²) in [6.45, 7) is 8.70. The molecule has 7 rings (SSSR count). The number of hydrogen-bond acceptors (Lipinski definition) is 5. The number of aryl methyl sites for hydroxylation is 2. The third kappa shape index (κ3) is 5.15. The molecule has 1 fully saturated rings. The summed E-state index contributed by atoms with van der Waals surface area (Å²) in [4.78, 5) is 20.3. The minimum atomic E-state index is 0.106. The van der Waals surface area contributed by atoms with Gasteiger partial charge in [0.2, 0.25) is 6.79 Å². The molecule has 4 aliphatic rings. The molecule has 0 bridgehead atoms. The Bertz CT molecular complexity index is 1480. The van der Waals surface area contributed by atoms with Crippen LogP contribution in [0.4, 0.5) is 0 Å². The monoisotopic (exact) mass is 549 g/mol. The van der Waals surface area contributed by atoms with E-state index < -0.39 is 0 Å². The quantitative estimate of drug-likeness (QED) is 0.406. The Hall–Kier alpha value is -3.61. The lowest BCUT2D eigenvalue weighted by Crippen LogP contribution is -2.56. The molecule has 1 saturated heterocycles. The van der Waals surface area contributed by atoms with Gasteiger partial charge in [0.1, 0.15) is 0 Å². The van der Waals surface area contributed by atoms with E-state index in [0.717, 1.165) is 68.1 Å².